The number of nitrogens with one attached hydrogen (secondary N) is 2. The molecule has 0 saturated carbocycles. The van der Waals surface area contributed by atoms with E-state index in [-0.39, 0.29) is 24.0 Å². The van der Waals surface area contributed by atoms with Crippen LogP contribution in [0.4, 0.5) is 0 Å². The molecule has 6 nitrogen and oxygen atoms in total. The molecule has 1 aromatic rings. The van der Waals surface area contributed by atoms with Gasteiger partial charge < -0.3 is 15.4 Å². The maximum atomic E-state index is 5.25. The Bertz CT molecular complexity index is 629. The molecule has 30 heavy (non-hydrogen) atoms. The second-order valence-corrected chi connectivity index (χ2v) is 8.45. The van der Waals surface area contributed by atoms with Crippen molar-refractivity contribution >= 4 is 29.9 Å². The lowest BCUT2D eigenvalue weighted by atomic mass is 9.97. The molecule has 2 aliphatic heterocycles. The van der Waals surface area contributed by atoms with Crippen LogP contribution in [0.3, 0.4) is 0 Å². The number of benzene rings is 1. The Balaban J connectivity index is 0.00000320. The van der Waals surface area contributed by atoms with Crippen LogP contribution in [0.15, 0.2) is 35.3 Å². The topological polar surface area (TPSA) is 52.1 Å². The lowest BCUT2D eigenvalue weighted by Gasteiger charge is -2.38. The van der Waals surface area contributed by atoms with Gasteiger partial charge in [-0.3, -0.25) is 14.8 Å². The van der Waals surface area contributed by atoms with Crippen LogP contribution in [-0.4, -0.2) is 80.8 Å². The first-order valence-corrected chi connectivity index (χ1v) is 11.2. The van der Waals surface area contributed by atoms with Gasteiger partial charge in [-0.15, -0.1) is 24.0 Å². The summed E-state index contributed by atoms with van der Waals surface area (Å²) in [7, 11) is 3.65. The molecule has 1 aromatic carbocycles. The molecular formula is C23H40IN5O. The minimum absolute atomic E-state index is 0. The zero-order valence-electron chi connectivity index (χ0n) is 18.8. The Labute approximate surface area is 199 Å². The van der Waals surface area contributed by atoms with Gasteiger partial charge in [0.15, 0.2) is 5.96 Å². The standard InChI is InChI=1S/C23H39N5O.HI/c1-19-16-21(11-13-28(19)18-20-8-5-4-6-9-20)26-23(24-2)25-17-22-10-7-12-27(22)14-15-29-3;/h4-6,8-9,19,21-22H,7,10-18H2,1-3H3,(H2,24,25,26);1H. The first-order valence-electron chi connectivity index (χ1n) is 11.2. The van der Waals surface area contributed by atoms with Gasteiger partial charge in [-0.05, 0) is 44.7 Å². The van der Waals surface area contributed by atoms with Gasteiger partial charge in [0, 0.05) is 58.5 Å². The summed E-state index contributed by atoms with van der Waals surface area (Å²) in [6.45, 7) is 8.47. The van der Waals surface area contributed by atoms with Crippen molar-refractivity contribution in [1.29, 1.82) is 0 Å². The van der Waals surface area contributed by atoms with E-state index in [0.29, 0.717) is 18.1 Å². The number of aliphatic imine (C=N–C) groups is 1. The summed E-state index contributed by atoms with van der Waals surface area (Å²) in [4.78, 5) is 9.61. The Morgan fingerprint density at radius 2 is 1.97 bits per heavy atom. The number of piperidine rings is 1. The van der Waals surface area contributed by atoms with Crippen LogP contribution in [0.1, 0.15) is 38.2 Å². The van der Waals surface area contributed by atoms with E-state index < -0.39 is 0 Å². The van der Waals surface area contributed by atoms with E-state index >= 15 is 0 Å². The number of methoxy groups -OCH3 is 1. The lowest BCUT2D eigenvalue weighted by molar-refractivity contribution is 0.134. The molecule has 3 rings (SSSR count). The maximum absolute atomic E-state index is 5.25. The third-order valence-electron chi connectivity index (χ3n) is 6.39. The fourth-order valence-corrected chi connectivity index (χ4v) is 4.64. The first-order chi connectivity index (χ1) is 14.2. The summed E-state index contributed by atoms with van der Waals surface area (Å²) in [6.07, 6.45) is 4.83. The van der Waals surface area contributed by atoms with Crippen LogP contribution in [0.2, 0.25) is 0 Å². The van der Waals surface area contributed by atoms with E-state index in [1.807, 2.05) is 7.05 Å². The molecule has 0 spiro atoms. The van der Waals surface area contributed by atoms with E-state index in [2.05, 4.69) is 62.7 Å². The molecule has 0 radical (unpaired) electrons. The van der Waals surface area contributed by atoms with Crippen LogP contribution in [0.25, 0.3) is 0 Å². The molecule has 7 heteroatoms. The normalized spacial score (nSPS) is 25.7. The number of nitrogens with zero attached hydrogens (tertiary/aromatic N) is 3. The van der Waals surface area contributed by atoms with Crippen molar-refractivity contribution in [1.82, 2.24) is 20.4 Å². The van der Waals surface area contributed by atoms with Crippen molar-refractivity contribution in [2.75, 3.05) is 46.9 Å². The second kappa shape index (κ2) is 13.5. The molecule has 2 fully saturated rings. The number of rotatable bonds is 8. The largest absolute Gasteiger partial charge is 0.383 e. The Hall–Kier alpha value is -0.900. The lowest BCUT2D eigenvalue weighted by Crippen LogP contribution is -2.52. The zero-order chi connectivity index (χ0) is 20.5. The molecule has 3 atom stereocenters. The maximum Gasteiger partial charge on any atom is 0.191 e. The van der Waals surface area contributed by atoms with Gasteiger partial charge in [-0.1, -0.05) is 30.3 Å². The van der Waals surface area contributed by atoms with Gasteiger partial charge in [0.05, 0.1) is 6.61 Å². The molecule has 2 N–H and O–H groups in total. The summed E-state index contributed by atoms with van der Waals surface area (Å²) in [5.41, 5.74) is 1.40. The summed E-state index contributed by atoms with van der Waals surface area (Å²) in [6, 6.07) is 12.4. The molecule has 0 aromatic heterocycles. The number of hydrogen-bond donors (Lipinski definition) is 2. The monoisotopic (exact) mass is 529 g/mol. The fraction of sp³-hybridized carbons (Fsp3) is 0.696. The molecule has 0 bridgehead atoms. The zero-order valence-corrected chi connectivity index (χ0v) is 21.2. The molecule has 2 saturated heterocycles. The molecular weight excluding hydrogens is 489 g/mol. The van der Waals surface area contributed by atoms with Gasteiger partial charge in [-0.25, -0.2) is 0 Å². The van der Waals surface area contributed by atoms with Crippen molar-refractivity contribution in [3.05, 3.63) is 35.9 Å². The Morgan fingerprint density at radius 1 is 1.17 bits per heavy atom. The molecule has 2 aliphatic rings. The second-order valence-electron chi connectivity index (χ2n) is 8.45. The predicted octanol–water partition coefficient (Wildman–Crippen LogP) is 2.93. The fourth-order valence-electron chi connectivity index (χ4n) is 4.64. The summed E-state index contributed by atoms with van der Waals surface area (Å²) in [5.74, 6) is 0.942. The minimum Gasteiger partial charge on any atom is -0.383 e. The van der Waals surface area contributed by atoms with Crippen molar-refractivity contribution in [3.63, 3.8) is 0 Å². The summed E-state index contributed by atoms with van der Waals surface area (Å²) < 4.78 is 5.25. The third kappa shape index (κ3) is 7.66. The Morgan fingerprint density at radius 3 is 2.67 bits per heavy atom. The summed E-state index contributed by atoms with van der Waals surface area (Å²) >= 11 is 0. The minimum atomic E-state index is 0. The van der Waals surface area contributed by atoms with Gasteiger partial charge in [0.2, 0.25) is 0 Å². The van der Waals surface area contributed by atoms with Crippen LogP contribution in [0, 0.1) is 0 Å². The van der Waals surface area contributed by atoms with Crippen molar-refractivity contribution in [2.45, 2.75) is 57.3 Å². The quantitative estimate of drug-likeness (QED) is 0.308. The van der Waals surface area contributed by atoms with E-state index in [0.717, 1.165) is 51.6 Å². The number of halogens is 1. The number of likely N-dealkylation sites (tertiary alicyclic amines) is 2. The summed E-state index contributed by atoms with van der Waals surface area (Å²) in [5, 5.41) is 7.25. The van der Waals surface area contributed by atoms with Gasteiger partial charge >= 0.3 is 0 Å². The molecule has 170 valence electrons. The Kier molecular flexibility index (Phi) is 11.4. The average molecular weight is 530 g/mol. The molecule has 0 amide bonds. The van der Waals surface area contributed by atoms with Gasteiger partial charge in [-0.2, -0.15) is 0 Å². The highest BCUT2D eigenvalue weighted by Gasteiger charge is 2.27. The smallest absolute Gasteiger partial charge is 0.191 e. The van der Waals surface area contributed by atoms with Crippen LogP contribution in [-0.2, 0) is 11.3 Å². The van der Waals surface area contributed by atoms with Gasteiger partial charge in [0.1, 0.15) is 0 Å². The van der Waals surface area contributed by atoms with Crippen molar-refractivity contribution in [3.8, 4) is 0 Å². The predicted molar refractivity (Wildman–Crippen MR) is 136 cm³/mol. The van der Waals surface area contributed by atoms with Crippen molar-refractivity contribution in [2.24, 2.45) is 4.99 Å². The van der Waals surface area contributed by atoms with Crippen LogP contribution < -0.4 is 10.6 Å². The number of guanidine groups is 1. The molecule has 3 unspecified atom stereocenters. The van der Waals surface area contributed by atoms with E-state index in [9.17, 15) is 0 Å². The van der Waals surface area contributed by atoms with Gasteiger partial charge in [0.25, 0.3) is 0 Å². The first kappa shape index (κ1) is 25.4. The van der Waals surface area contributed by atoms with E-state index in [4.69, 9.17) is 4.74 Å². The average Bonchev–Trinajstić information content (AvgIpc) is 3.19. The highest BCUT2D eigenvalue weighted by Crippen LogP contribution is 2.20. The van der Waals surface area contributed by atoms with E-state index in [1.165, 1.54) is 24.9 Å². The molecule has 2 heterocycles. The number of ether oxygens (including phenoxy) is 1. The molecule has 0 aliphatic carbocycles. The third-order valence-corrected chi connectivity index (χ3v) is 6.39. The SMILES string of the molecule is CN=C(NCC1CCCN1CCOC)NC1CCN(Cc2ccccc2)C(C)C1.I. The highest BCUT2D eigenvalue weighted by molar-refractivity contribution is 14.0. The van der Waals surface area contributed by atoms with Crippen LogP contribution in [0.5, 0.6) is 0 Å². The number of hydrogen-bond acceptors (Lipinski definition) is 4. The van der Waals surface area contributed by atoms with Crippen molar-refractivity contribution < 1.29 is 4.74 Å². The van der Waals surface area contributed by atoms with Crippen LogP contribution >= 0.6 is 24.0 Å². The van der Waals surface area contributed by atoms with E-state index in [1.54, 1.807) is 7.11 Å². The highest BCUT2D eigenvalue weighted by atomic mass is 127.